The van der Waals surface area contributed by atoms with Crippen LogP contribution >= 0.6 is 0 Å². The molecule has 0 spiro atoms. The third-order valence-electron chi connectivity index (χ3n) is 3.28. The van der Waals surface area contributed by atoms with Gasteiger partial charge in [0.15, 0.2) is 0 Å². The van der Waals surface area contributed by atoms with Gasteiger partial charge in [0.05, 0.1) is 0 Å². The standard InChI is InChI=1S/C16H25N3O/c1-12(16(2,3)4)10-18-15(20)19-11-14-7-5-6-13(8-14)9-17/h5-8,10H,9,11,17H2,1-4H3,(H2,18,19,20)/b12-10+. The Hall–Kier alpha value is -1.81. The van der Waals surface area contributed by atoms with Crippen molar-refractivity contribution >= 4 is 6.03 Å². The fourth-order valence-corrected chi connectivity index (χ4v) is 1.49. The predicted molar refractivity (Wildman–Crippen MR) is 82.9 cm³/mol. The van der Waals surface area contributed by atoms with Crippen molar-refractivity contribution in [2.75, 3.05) is 0 Å². The van der Waals surface area contributed by atoms with Crippen molar-refractivity contribution in [3.8, 4) is 0 Å². The van der Waals surface area contributed by atoms with Crippen LogP contribution < -0.4 is 16.4 Å². The summed E-state index contributed by atoms with van der Waals surface area (Å²) in [7, 11) is 0. The molecule has 4 nitrogen and oxygen atoms in total. The highest BCUT2D eigenvalue weighted by Gasteiger charge is 2.12. The Balaban J connectivity index is 2.47. The summed E-state index contributed by atoms with van der Waals surface area (Å²) in [5.74, 6) is 0. The van der Waals surface area contributed by atoms with E-state index in [0.29, 0.717) is 13.1 Å². The van der Waals surface area contributed by atoms with Crippen LogP contribution in [0.5, 0.6) is 0 Å². The third-order valence-corrected chi connectivity index (χ3v) is 3.28. The topological polar surface area (TPSA) is 67.2 Å². The molecule has 0 aliphatic heterocycles. The van der Waals surface area contributed by atoms with E-state index in [9.17, 15) is 4.79 Å². The summed E-state index contributed by atoms with van der Waals surface area (Å²) in [6.45, 7) is 9.32. The molecule has 0 bridgehead atoms. The highest BCUT2D eigenvalue weighted by Crippen LogP contribution is 2.23. The van der Waals surface area contributed by atoms with E-state index >= 15 is 0 Å². The van der Waals surface area contributed by atoms with E-state index in [4.69, 9.17) is 5.73 Å². The fourth-order valence-electron chi connectivity index (χ4n) is 1.49. The van der Waals surface area contributed by atoms with Gasteiger partial charge in [-0.25, -0.2) is 4.79 Å². The molecular weight excluding hydrogens is 250 g/mol. The third kappa shape index (κ3) is 5.45. The summed E-state index contributed by atoms with van der Waals surface area (Å²) < 4.78 is 0. The minimum atomic E-state index is -0.202. The Labute approximate surface area is 121 Å². The molecule has 4 N–H and O–H groups in total. The van der Waals surface area contributed by atoms with Gasteiger partial charge in [-0.1, -0.05) is 50.6 Å². The number of carbonyl (C=O) groups is 1. The van der Waals surface area contributed by atoms with Crippen LogP contribution in [0, 0.1) is 5.41 Å². The van der Waals surface area contributed by atoms with Crippen LogP contribution in [0.4, 0.5) is 4.79 Å². The van der Waals surface area contributed by atoms with Crippen LogP contribution in [0.15, 0.2) is 36.0 Å². The average molecular weight is 275 g/mol. The maximum atomic E-state index is 11.7. The molecule has 1 aromatic carbocycles. The number of benzene rings is 1. The number of nitrogens with one attached hydrogen (secondary N) is 2. The molecule has 4 heteroatoms. The number of nitrogens with two attached hydrogens (primary N) is 1. The zero-order valence-corrected chi connectivity index (χ0v) is 12.8. The number of rotatable bonds is 4. The normalized spacial score (nSPS) is 12.2. The van der Waals surface area contributed by atoms with E-state index in [0.717, 1.165) is 16.7 Å². The van der Waals surface area contributed by atoms with E-state index in [1.54, 1.807) is 6.20 Å². The molecule has 0 radical (unpaired) electrons. The molecule has 1 aromatic rings. The number of hydrogen-bond donors (Lipinski definition) is 3. The van der Waals surface area contributed by atoms with E-state index in [2.05, 4.69) is 31.4 Å². The molecule has 0 aromatic heterocycles. The molecule has 110 valence electrons. The Morgan fingerprint density at radius 2 is 1.95 bits per heavy atom. The summed E-state index contributed by atoms with van der Waals surface area (Å²) in [6.07, 6.45) is 1.76. The van der Waals surface area contributed by atoms with Crippen LogP contribution in [0.1, 0.15) is 38.8 Å². The van der Waals surface area contributed by atoms with Crippen molar-refractivity contribution in [1.82, 2.24) is 10.6 Å². The van der Waals surface area contributed by atoms with Crippen LogP contribution in [-0.2, 0) is 13.1 Å². The van der Waals surface area contributed by atoms with Crippen molar-refractivity contribution in [1.29, 1.82) is 0 Å². The zero-order chi connectivity index (χ0) is 15.2. The Kier molecular flexibility index (Phi) is 5.77. The second-order valence-corrected chi connectivity index (χ2v) is 5.93. The highest BCUT2D eigenvalue weighted by molar-refractivity contribution is 5.75. The number of urea groups is 1. The first-order valence-electron chi connectivity index (χ1n) is 6.82. The van der Waals surface area contributed by atoms with Gasteiger partial charge in [0.2, 0.25) is 0 Å². The highest BCUT2D eigenvalue weighted by atomic mass is 16.2. The van der Waals surface area contributed by atoms with Gasteiger partial charge < -0.3 is 16.4 Å². The summed E-state index contributed by atoms with van der Waals surface area (Å²) >= 11 is 0. The van der Waals surface area contributed by atoms with Gasteiger partial charge in [0, 0.05) is 19.3 Å². The van der Waals surface area contributed by atoms with E-state index < -0.39 is 0 Å². The van der Waals surface area contributed by atoms with Gasteiger partial charge in [-0.3, -0.25) is 0 Å². The molecule has 0 fully saturated rings. The van der Waals surface area contributed by atoms with Gasteiger partial charge in [-0.05, 0) is 23.5 Å². The average Bonchev–Trinajstić information content (AvgIpc) is 2.41. The smallest absolute Gasteiger partial charge is 0.319 e. The quantitative estimate of drug-likeness (QED) is 0.791. The SMILES string of the molecule is C/C(=C\NC(=O)NCc1cccc(CN)c1)C(C)(C)C. The Morgan fingerprint density at radius 1 is 1.30 bits per heavy atom. The largest absolute Gasteiger partial charge is 0.334 e. The van der Waals surface area contributed by atoms with E-state index in [1.807, 2.05) is 31.2 Å². The van der Waals surface area contributed by atoms with Gasteiger partial charge in [0.1, 0.15) is 0 Å². The number of hydrogen-bond acceptors (Lipinski definition) is 2. The Bertz CT molecular complexity index is 487. The lowest BCUT2D eigenvalue weighted by atomic mass is 9.88. The summed E-state index contributed by atoms with van der Waals surface area (Å²) in [5, 5.41) is 5.57. The monoisotopic (exact) mass is 275 g/mol. The second kappa shape index (κ2) is 7.10. The van der Waals surface area contributed by atoms with Gasteiger partial charge in [-0.15, -0.1) is 0 Å². The molecule has 1 rings (SSSR count). The maximum absolute atomic E-state index is 11.7. The van der Waals surface area contributed by atoms with Gasteiger partial charge >= 0.3 is 6.03 Å². The second-order valence-electron chi connectivity index (χ2n) is 5.93. The van der Waals surface area contributed by atoms with Crippen LogP contribution in [0.3, 0.4) is 0 Å². The number of carbonyl (C=O) groups excluding carboxylic acids is 1. The zero-order valence-electron chi connectivity index (χ0n) is 12.8. The molecule has 20 heavy (non-hydrogen) atoms. The predicted octanol–water partition coefficient (Wildman–Crippen LogP) is 2.89. The summed E-state index contributed by atoms with van der Waals surface area (Å²) in [5.41, 5.74) is 8.87. The fraction of sp³-hybridized carbons (Fsp3) is 0.438. The van der Waals surface area contributed by atoms with Crippen molar-refractivity contribution in [2.45, 2.75) is 40.8 Å². The first kappa shape index (κ1) is 16.2. The van der Waals surface area contributed by atoms with Gasteiger partial charge in [-0.2, -0.15) is 0 Å². The van der Waals surface area contributed by atoms with Crippen molar-refractivity contribution in [2.24, 2.45) is 11.1 Å². The van der Waals surface area contributed by atoms with Crippen LogP contribution in [0.25, 0.3) is 0 Å². The van der Waals surface area contributed by atoms with E-state index in [-0.39, 0.29) is 11.4 Å². The minimum Gasteiger partial charge on any atom is -0.334 e. The van der Waals surface area contributed by atoms with Crippen LogP contribution in [-0.4, -0.2) is 6.03 Å². The van der Waals surface area contributed by atoms with Gasteiger partial charge in [0.25, 0.3) is 0 Å². The molecule has 0 unspecified atom stereocenters. The van der Waals surface area contributed by atoms with Crippen LogP contribution in [0.2, 0.25) is 0 Å². The first-order valence-corrected chi connectivity index (χ1v) is 6.82. The molecule has 2 amide bonds. The molecule has 0 atom stereocenters. The lowest BCUT2D eigenvalue weighted by Gasteiger charge is -2.19. The number of amides is 2. The maximum Gasteiger partial charge on any atom is 0.319 e. The lowest BCUT2D eigenvalue weighted by molar-refractivity contribution is 0.243. The molecule has 0 aliphatic carbocycles. The molecule has 0 saturated carbocycles. The summed E-state index contributed by atoms with van der Waals surface area (Å²) in [6, 6.07) is 7.68. The first-order chi connectivity index (χ1) is 9.32. The molecule has 0 aliphatic rings. The summed E-state index contributed by atoms with van der Waals surface area (Å²) in [4.78, 5) is 11.7. The van der Waals surface area contributed by atoms with E-state index in [1.165, 1.54) is 0 Å². The molecule has 0 saturated heterocycles. The van der Waals surface area contributed by atoms with Crippen molar-refractivity contribution < 1.29 is 4.79 Å². The Morgan fingerprint density at radius 3 is 2.55 bits per heavy atom. The van der Waals surface area contributed by atoms with Crippen molar-refractivity contribution in [3.63, 3.8) is 0 Å². The number of allylic oxidation sites excluding steroid dienone is 1. The minimum absolute atomic E-state index is 0.0583. The molecular formula is C16H25N3O. The molecule has 0 heterocycles. The lowest BCUT2D eigenvalue weighted by Crippen LogP contribution is -2.32. The van der Waals surface area contributed by atoms with Crippen molar-refractivity contribution in [3.05, 3.63) is 47.2 Å².